The number of amides is 1. The molecule has 0 aromatic heterocycles. The second-order valence-electron chi connectivity index (χ2n) is 5.39. The van der Waals surface area contributed by atoms with Gasteiger partial charge in [0.15, 0.2) is 0 Å². The summed E-state index contributed by atoms with van der Waals surface area (Å²) in [5.74, 6) is -0.878. The average molecular weight is 314 g/mol. The highest BCUT2D eigenvalue weighted by Gasteiger charge is 2.52. The van der Waals surface area contributed by atoms with Gasteiger partial charge in [-0.05, 0) is 18.4 Å². The second kappa shape index (κ2) is 5.60. The van der Waals surface area contributed by atoms with Gasteiger partial charge in [-0.15, -0.1) is 11.8 Å². The molecule has 0 aromatic carbocycles. The van der Waals surface area contributed by atoms with E-state index < -0.39 is 12.0 Å². The first-order chi connectivity index (χ1) is 10.0. The lowest BCUT2D eigenvalue weighted by atomic mass is 10.00. The van der Waals surface area contributed by atoms with Gasteiger partial charge in [0.05, 0.1) is 18.8 Å². The van der Waals surface area contributed by atoms with Gasteiger partial charge in [-0.3, -0.25) is 9.69 Å². The van der Waals surface area contributed by atoms with Crippen molar-refractivity contribution in [3.05, 3.63) is 11.3 Å². The van der Waals surface area contributed by atoms with Crippen LogP contribution in [0.25, 0.3) is 0 Å². The van der Waals surface area contributed by atoms with Crippen LogP contribution >= 0.6 is 11.8 Å². The van der Waals surface area contributed by atoms with Crippen LogP contribution in [0.2, 0.25) is 0 Å². The summed E-state index contributed by atoms with van der Waals surface area (Å²) < 4.78 is 10.9. The Morgan fingerprint density at radius 1 is 1.57 bits per heavy atom. The van der Waals surface area contributed by atoms with E-state index in [1.54, 1.807) is 7.11 Å². The Morgan fingerprint density at radius 3 is 3.00 bits per heavy atom. The van der Waals surface area contributed by atoms with Crippen LogP contribution < -0.4 is 5.73 Å². The monoisotopic (exact) mass is 314 g/mol. The molecule has 3 aliphatic heterocycles. The van der Waals surface area contributed by atoms with Crippen molar-refractivity contribution in [2.24, 2.45) is 5.73 Å². The van der Waals surface area contributed by atoms with Gasteiger partial charge < -0.3 is 20.3 Å². The zero-order valence-corrected chi connectivity index (χ0v) is 12.5. The largest absolute Gasteiger partial charge is 0.477 e. The molecule has 0 saturated carbocycles. The molecular formula is C13H18N2O5S. The minimum atomic E-state index is -1.09. The van der Waals surface area contributed by atoms with E-state index in [0.717, 1.165) is 12.8 Å². The molecule has 3 N–H and O–H groups in total. The number of carboxylic acid groups (broad SMARTS) is 1. The molecule has 0 aromatic rings. The number of carboxylic acids is 1. The Bertz CT molecular complexity index is 509. The standard InChI is InChI=1S/C13H18N2O5S/c1-19-4-6-2-3-8(20-6)7-5-21-12-9(14)11(16)15(12)10(7)13(17)18/h6,8-9,12H,2-5,14H2,1H3,(H,17,18)/t6?,8?,9-,12-/m1/s1. The van der Waals surface area contributed by atoms with Crippen LogP contribution in [0.5, 0.6) is 0 Å². The van der Waals surface area contributed by atoms with E-state index in [4.69, 9.17) is 15.2 Å². The zero-order chi connectivity index (χ0) is 15.1. The molecule has 116 valence electrons. The maximum Gasteiger partial charge on any atom is 0.352 e. The molecule has 21 heavy (non-hydrogen) atoms. The van der Waals surface area contributed by atoms with Crippen LogP contribution in [-0.2, 0) is 19.1 Å². The highest BCUT2D eigenvalue weighted by Crippen LogP contribution is 2.42. The number of β-lactam (4-membered cyclic amide) rings is 1. The molecule has 0 bridgehead atoms. The number of thioether (sulfide) groups is 1. The summed E-state index contributed by atoms with van der Waals surface area (Å²) in [5, 5.41) is 9.22. The van der Waals surface area contributed by atoms with Gasteiger partial charge in [0.25, 0.3) is 0 Å². The van der Waals surface area contributed by atoms with Crippen molar-refractivity contribution in [1.29, 1.82) is 0 Å². The van der Waals surface area contributed by atoms with E-state index in [1.807, 2.05) is 0 Å². The van der Waals surface area contributed by atoms with E-state index in [-0.39, 0.29) is 29.2 Å². The molecular weight excluding hydrogens is 296 g/mol. The van der Waals surface area contributed by atoms with Gasteiger partial charge in [-0.1, -0.05) is 0 Å². The van der Waals surface area contributed by atoms with Crippen molar-refractivity contribution in [3.8, 4) is 0 Å². The summed E-state index contributed by atoms with van der Waals surface area (Å²) in [7, 11) is 1.61. The number of nitrogens with zero attached hydrogens (tertiary/aromatic N) is 1. The van der Waals surface area contributed by atoms with Crippen LogP contribution in [0.15, 0.2) is 11.3 Å². The minimum absolute atomic E-state index is 0.0142. The van der Waals surface area contributed by atoms with Crippen molar-refractivity contribution in [2.75, 3.05) is 19.5 Å². The van der Waals surface area contributed by atoms with Crippen molar-refractivity contribution in [1.82, 2.24) is 4.90 Å². The number of hydrogen-bond acceptors (Lipinski definition) is 6. The number of carbonyl (C=O) groups is 2. The van der Waals surface area contributed by atoms with Crippen molar-refractivity contribution >= 4 is 23.6 Å². The van der Waals surface area contributed by atoms with E-state index in [2.05, 4.69) is 0 Å². The maximum atomic E-state index is 11.9. The number of carbonyl (C=O) groups excluding carboxylic acids is 1. The summed E-state index contributed by atoms with van der Waals surface area (Å²) in [6, 6.07) is -0.600. The summed E-state index contributed by atoms with van der Waals surface area (Å²) in [6.07, 6.45) is 1.31. The third-order valence-electron chi connectivity index (χ3n) is 4.09. The lowest BCUT2D eigenvalue weighted by molar-refractivity contribution is -0.148. The highest BCUT2D eigenvalue weighted by molar-refractivity contribution is 8.00. The molecule has 2 unspecified atom stereocenters. The van der Waals surface area contributed by atoms with Gasteiger partial charge in [0.1, 0.15) is 17.1 Å². The van der Waals surface area contributed by atoms with Crippen molar-refractivity contribution in [2.45, 2.75) is 36.5 Å². The van der Waals surface area contributed by atoms with E-state index in [1.165, 1.54) is 16.7 Å². The molecule has 4 atom stereocenters. The van der Waals surface area contributed by atoms with Crippen molar-refractivity contribution in [3.63, 3.8) is 0 Å². The Hall–Kier alpha value is -1.09. The normalized spacial score (nSPS) is 35.7. The Balaban J connectivity index is 1.85. The van der Waals surface area contributed by atoms with Crippen LogP contribution in [0.3, 0.4) is 0 Å². The summed E-state index contributed by atoms with van der Waals surface area (Å²) in [5.41, 5.74) is 6.47. The van der Waals surface area contributed by atoms with Crippen LogP contribution in [0.1, 0.15) is 12.8 Å². The van der Waals surface area contributed by atoms with Crippen LogP contribution in [0, 0.1) is 0 Å². The molecule has 3 aliphatic rings. The van der Waals surface area contributed by atoms with E-state index >= 15 is 0 Å². The number of aliphatic carboxylic acids is 1. The number of rotatable bonds is 4. The molecule has 2 saturated heterocycles. The second-order valence-corrected chi connectivity index (χ2v) is 6.50. The Morgan fingerprint density at radius 2 is 2.33 bits per heavy atom. The van der Waals surface area contributed by atoms with Gasteiger partial charge >= 0.3 is 5.97 Å². The molecule has 0 aliphatic carbocycles. The fourth-order valence-electron chi connectivity index (χ4n) is 3.06. The number of fused-ring (bicyclic) bond motifs is 1. The quantitative estimate of drug-likeness (QED) is 0.691. The van der Waals surface area contributed by atoms with Gasteiger partial charge in [0.2, 0.25) is 5.91 Å². The lowest BCUT2D eigenvalue weighted by Crippen LogP contribution is -2.68. The molecule has 3 rings (SSSR count). The number of nitrogens with two attached hydrogens (primary N) is 1. The number of ether oxygens (including phenoxy) is 2. The zero-order valence-electron chi connectivity index (χ0n) is 11.7. The predicted molar refractivity (Wildman–Crippen MR) is 75.5 cm³/mol. The molecule has 0 spiro atoms. The first-order valence-electron chi connectivity index (χ1n) is 6.85. The summed E-state index contributed by atoms with van der Waals surface area (Å²) >= 11 is 1.50. The third-order valence-corrected chi connectivity index (χ3v) is 5.41. The fourth-order valence-corrected chi connectivity index (χ4v) is 4.41. The molecule has 3 heterocycles. The first kappa shape index (κ1) is 14.8. The minimum Gasteiger partial charge on any atom is -0.477 e. The SMILES string of the molecule is COCC1CCC(C2=C(C(=O)O)N3C(=O)[C@@H](N)[C@H]3SC2)O1. The summed E-state index contributed by atoms with van der Waals surface area (Å²) in [6.45, 7) is 0.496. The number of hydrogen-bond donors (Lipinski definition) is 2. The van der Waals surface area contributed by atoms with Gasteiger partial charge in [-0.2, -0.15) is 0 Å². The van der Waals surface area contributed by atoms with Crippen molar-refractivity contribution < 1.29 is 24.2 Å². The van der Waals surface area contributed by atoms with Crippen LogP contribution in [-0.4, -0.2) is 65.0 Å². The third kappa shape index (κ3) is 2.36. The van der Waals surface area contributed by atoms with Gasteiger partial charge in [0, 0.05) is 12.9 Å². The first-order valence-corrected chi connectivity index (χ1v) is 7.90. The topological polar surface area (TPSA) is 102 Å². The maximum absolute atomic E-state index is 11.9. The average Bonchev–Trinajstić information content (AvgIpc) is 2.93. The molecule has 8 heteroatoms. The van der Waals surface area contributed by atoms with Crippen LogP contribution in [0.4, 0.5) is 0 Å². The molecule has 2 fully saturated rings. The van der Waals surface area contributed by atoms with E-state index in [0.29, 0.717) is 17.9 Å². The summed E-state index contributed by atoms with van der Waals surface area (Å²) in [4.78, 5) is 24.8. The Labute approximate surface area is 126 Å². The highest BCUT2D eigenvalue weighted by atomic mass is 32.2. The molecule has 1 amide bonds. The van der Waals surface area contributed by atoms with E-state index in [9.17, 15) is 14.7 Å². The molecule has 0 radical (unpaired) electrons. The smallest absolute Gasteiger partial charge is 0.352 e. The number of methoxy groups -OCH3 is 1. The Kier molecular flexibility index (Phi) is 3.96. The predicted octanol–water partition coefficient (Wildman–Crippen LogP) is -0.238. The lowest BCUT2D eigenvalue weighted by Gasteiger charge is -2.48. The fraction of sp³-hybridized carbons (Fsp3) is 0.692. The van der Waals surface area contributed by atoms with Gasteiger partial charge in [-0.25, -0.2) is 4.79 Å². The molecule has 7 nitrogen and oxygen atoms in total.